The number of carbonyl (C=O) groups is 1. The van der Waals surface area contributed by atoms with E-state index in [9.17, 15) is 4.79 Å². The Hall–Kier alpha value is -3.21. The minimum atomic E-state index is -0.286. The molecule has 1 atom stereocenters. The van der Waals surface area contributed by atoms with Gasteiger partial charge in [0.25, 0.3) is 5.91 Å². The van der Waals surface area contributed by atoms with Gasteiger partial charge in [-0.2, -0.15) is 0 Å². The number of ether oxygens (including phenoxy) is 1. The third-order valence-corrected chi connectivity index (χ3v) is 3.73. The zero-order valence-corrected chi connectivity index (χ0v) is 13.9. The fraction of sp³-hybridized carbons (Fsp3) is 0.150. The summed E-state index contributed by atoms with van der Waals surface area (Å²) in [7, 11) is 0. The van der Waals surface area contributed by atoms with Crippen molar-refractivity contribution in [1.29, 1.82) is 0 Å². The molecule has 3 aromatic rings. The average Bonchev–Trinajstić information content (AvgIpc) is 2.68. The number of hydrogen-bond donors (Lipinski definition) is 1. The van der Waals surface area contributed by atoms with Gasteiger partial charge in [0.2, 0.25) is 0 Å². The topological polar surface area (TPSA) is 64.1 Å². The highest BCUT2D eigenvalue weighted by molar-refractivity contribution is 5.92. The van der Waals surface area contributed by atoms with Gasteiger partial charge in [0.1, 0.15) is 11.4 Å². The predicted octanol–water partition coefficient (Wildman–Crippen LogP) is 3.39. The van der Waals surface area contributed by atoms with E-state index in [4.69, 9.17) is 4.74 Å². The third kappa shape index (κ3) is 4.20. The van der Waals surface area contributed by atoms with Crippen LogP contribution in [0.15, 0.2) is 73.2 Å². The number of nitrogens with zero attached hydrogens (tertiary/aromatic N) is 2. The summed E-state index contributed by atoms with van der Waals surface area (Å²) in [6, 6.07) is 17.3. The molecule has 1 unspecified atom stereocenters. The molecule has 3 rings (SSSR count). The smallest absolute Gasteiger partial charge is 0.272 e. The standard InChI is InChI=1S/C20H19N3O2/c1-2-25-17-10-8-16(9-11-17)19(15-6-4-3-5-7-15)23-20(24)18-14-21-12-13-22-18/h3-14,19H,2H2,1H3,(H,23,24). The maximum Gasteiger partial charge on any atom is 0.272 e. The van der Waals surface area contributed by atoms with E-state index >= 15 is 0 Å². The molecule has 1 N–H and O–H groups in total. The zero-order chi connectivity index (χ0) is 17.5. The van der Waals surface area contributed by atoms with Crippen molar-refractivity contribution in [3.05, 3.63) is 90.0 Å². The van der Waals surface area contributed by atoms with Crippen LogP contribution in [-0.4, -0.2) is 22.5 Å². The normalized spacial score (nSPS) is 11.6. The van der Waals surface area contributed by atoms with Gasteiger partial charge in [-0.15, -0.1) is 0 Å². The molecule has 0 radical (unpaired) electrons. The van der Waals surface area contributed by atoms with E-state index in [0.717, 1.165) is 16.9 Å². The van der Waals surface area contributed by atoms with Gasteiger partial charge in [0.15, 0.2) is 0 Å². The number of benzene rings is 2. The molecular formula is C20H19N3O2. The van der Waals surface area contributed by atoms with Gasteiger partial charge in [-0.3, -0.25) is 9.78 Å². The summed E-state index contributed by atoms with van der Waals surface area (Å²) in [6.45, 7) is 2.56. The van der Waals surface area contributed by atoms with Crippen molar-refractivity contribution < 1.29 is 9.53 Å². The molecule has 5 heteroatoms. The van der Waals surface area contributed by atoms with Crippen LogP contribution in [0.25, 0.3) is 0 Å². The molecule has 0 saturated carbocycles. The van der Waals surface area contributed by atoms with Crippen LogP contribution >= 0.6 is 0 Å². The van der Waals surface area contributed by atoms with Gasteiger partial charge >= 0.3 is 0 Å². The molecule has 0 aliphatic carbocycles. The summed E-state index contributed by atoms with van der Waals surface area (Å²) in [4.78, 5) is 20.5. The summed E-state index contributed by atoms with van der Waals surface area (Å²) in [5.41, 5.74) is 2.24. The average molecular weight is 333 g/mol. The molecule has 126 valence electrons. The van der Waals surface area contributed by atoms with E-state index in [2.05, 4.69) is 15.3 Å². The van der Waals surface area contributed by atoms with Crippen LogP contribution in [0.5, 0.6) is 5.75 Å². The van der Waals surface area contributed by atoms with Crippen LogP contribution in [0, 0.1) is 0 Å². The highest BCUT2D eigenvalue weighted by atomic mass is 16.5. The summed E-state index contributed by atoms with van der Waals surface area (Å²) < 4.78 is 5.49. The van der Waals surface area contributed by atoms with Crippen LogP contribution in [0.4, 0.5) is 0 Å². The summed E-state index contributed by atoms with van der Waals surface area (Å²) in [6.07, 6.45) is 4.50. The lowest BCUT2D eigenvalue weighted by Crippen LogP contribution is -2.30. The van der Waals surface area contributed by atoms with Crippen molar-refractivity contribution in [1.82, 2.24) is 15.3 Å². The number of hydrogen-bond acceptors (Lipinski definition) is 4. The monoisotopic (exact) mass is 333 g/mol. The van der Waals surface area contributed by atoms with E-state index in [-0.39, 0.29) is 17.6 Å². The van der Waals surface area contributed by atoms with E-state index in [1.807, 2.05) is 61.5 Å². The first-order valence-corrected chi connectivity index (χ1v) is 8.12. The Morgan fingerprint density at radius 1 is 1.04 bits per heavy atom. The van der Waals surface area contributed by atoms with Crippen molar-refractivity contribution >= 4 is 5.91 Å². The van der Waals surface area contributed by atoms with Crippen LogP contribution in [0.2, 0.25) is 0 Å². The fourth-order valence-corrected chi connectivity index (χ4v) is 2.55. The van der Waals surface area contributed by atoms with Gasteiger partial charge in [0, 0.05) is 12.4 Å². The highest BCUT2D eigenvalue weighted by Crippen LogP contribution is 2.24. The maximum atomic E-state index is 12.5. The Morgan fingerprint density at radius 2 is 1.76 bits per heavy atom. The first kappa shape index (κ1) is 16.6. The van der Waals surface area contributed by atoms with Crippen molar-refractivity contribution in [2.75, 3.05) is 6.61 Å². The lowest BCUT2D eigenvalue weighted by atomic mass is 9.98. The van der Waals surface area contributed by atoms with E-state index < -0.39 is 0 Å². The highest BCUT2D eigenvalue weighted by Gasteiger charge is 2.18. The number of rotatable bonds is 6. The second-order valence-electron chi connectivity index (χ2n) is 5.41. The van der Waals surface area contributed by atoms with Crippen LogP contribution in [-0.2, 0) is 0 Å². The van der Waals surface area contributed by atoms with Crippen molar-refractivity contribution in [2.45, 2.75) is 13.0 Å². The second-order valence-corrected chi connectivity index (χ2v) is 5.41. The summed E-state index contributed by atoms with van der Waals surface area (Å²) >= 11 is 0. The lowest BCUT2D eigenvalue weighted by molar-refractivity contribution is 0.0937. The zero-order valence-electron chi connectivity index (χ0n) is 13.9. The first-order valence-electron chi connectivity index (χ1n) is 8.12. The Labute approximate surface area is 146 Å². The maximum absolute atomic E-state index is 12.5. The molecule has 0 aliphatic rings. The van der Waals surface area contributed by atoms with Crippen LogP contribution in [0.3, 0.4) is 0 Å². The number of amides is 1. The Kier molecular flexibility index (Phi) is 5.36. The Balaban J connectivity index is 1.89. The first-order chi connectivity index (χ1) is 12.3. The van der Waals surface area contributed by atoms with Gasteiger partial charge in [-0.25, -0.2) is 4.98 Å². The molecule has 1 heterocycles. The minimum Gasteiger partial charge on any atom is -0.494 e. The van der Waals surface area contributed by atoms with Crippen molar-refractivity contribution in [2.24, 2.45) is 0 Å². The minimum absolute atomic E-state index is 0.268. The van der Waals surface area contributed by atoms with Crippen LogP contribution < -0.4 is 10.1 Å². The molecule has 25 heavy (non-hydrogen) atoms. The number of nitrogens with one attached hydrogen (secondary N) is 1. The molecule has 0 fully saturated rings. The van der Waals surface area contributed by atoms with Gasteiger partial charge in [-0.05, 0) is 30.2 Å². The van der Waals surface area contributed by atoms with E-state index in [1.165, 1.54) is 18.6 Å². The fourth-order valence-electron chi connectivity index (χ4n) is 2.55. The van der Waals surface area contributed by atoms with Crippen molar-refractivity contribution in [3.8, 4) is 5.75 Å². The predicted molar refractivity (Wildman–Crippen MR) is 95.4 cm³/mol. The number of carbonyl (C=O) groups excluding carboxylic acids is 1. The molecule has 1 aromatic heterocycles. The quantitative estimate of drug-likeness (QED) is 0.751. The molecule has 0 saturated heterocycles. The Bertz CT molecular complexity index is 805. The third-order valence-electron chi connectivity index (χ3n) is 3.73. The largest absolute Gasteiger partial charge is 0.494 e. The van der Waals surface area contributed by atoms with Gasteiger partial charge in [-0.1, -0.05) is 42.5 Å². The molecule has 2 aromatic carbocycles. The molecular weight excluding hydrogens is 314 g/mol. The molecule has 5 nitrogen and oxygen atoms in total. The molecule has 1 amide bonds. The van der Waals surface area contributed by atoms with Gasteiger partial charge in [0.05, 0.1) is 18.8 Å². The van der Waals surface area contributed by atoms with E-state index in [1.54, 1.807) is 0 Å². The lowest BCUT2D eigenvalue weighted by Gasteiger charge is -2.20. The SMILES string of the molecule is CCOc1ccc(C(NC(=O)c2cnccn2)c2ccccc2)cc1. The van der Waals surface area contributed by atoms with E-state index in [0.29, 0.717) is 6.61 Å². The summed E-state index contributed by atoms with van der Waals surface area (Å²) in [5.74, 6) is 0.536. The number of aromatic nitrogens is 2. The van der Waals surface area contributed by atoms with Crippen molar-refractivity contribution in [3.63, 3.8) is 0 Å². The molecule has 0 bridgehead atoms. The van der Waals surface area contributed by atoms with Gasteiger partial charge < -0.3 is 10.1 Å². The molecule has 0 spiro atoms. The summed E-state index contributed by atoms with van der Waals surface area (Å²) in [5, 5.41) is 3.04. The second kappa shape index (κ2) is 8.06. The Morgan fingerprint density at radius 3 is 2.40 bits per heavy atom. The van der Waals surface area contributed by atoms with Crippen LogP contribution in [0.1, 0.15) is 34.6 Å². The molecule has 0 aliphatic heterocycles.